The Balaban J connectivity index is 1.25. The van der Waals surface area contributed by atoms with E-state index in [-0.39, 0.29) is 34.8 Å². The molecule has 4 aliphatic rings. The molecule has 0 saturated heterocycles. The molecule has 0 radical (unpaired) electrons. The van der Waals surface area contributed by atoms with E-state index in [1.165, 1.54) is 37.7 Å². The highest BCUT2D eigenvalue weighted by molar-refractivity contribution is 7.89. The first-order valence-electron chi connectivity index (χ1n) is 11.6. The van der Waals surface area contributed by atoms with Crippen molar-refractivity contribution >= 4 is 21.8 Å². The summed E-state index contributed by atoms with van der Waals surface area (Å²) in [6.07, 6.45) is 7.94. The van der Waals surface area contributed by atoms with Gasteiger partial charge in [0.2, 0.25) is 10.0 Å². The van der Waals surface area contributed by atoms with Crippen molar-refractivity contribution in [3.63, 3.8) is 0 Å². The van der Waals surface area contributed by atoms with Crippen LogP contribution < -0.4 is 4.72 Å². The first-order chi connectivity index (χ1) is 15.7. The van der Waals surface area contributed by atoms with E-state index in [0.29, 0.717) is 29.1 Å². The van der Waals surface area contributed by atoms with E-state index in [1.807, 2.05) is 0 Å². The van der Waals surface area contributed by atoms with Crippen molar-refractivity contribution in [3.05, 3.63) is 53.5 Å². The van der Waals surface area contributed by atoms with Crippen LogP contribution in [0.5, 0.6) is 0 Å². The highest BCUT2D eigenvalue weighted by Crippen LogP contribution is 2.60. The van der Waals surface area contributed by atoms with Gasteiger partial charge in [-0.2, -0.15) is 0 Å². The molecule has 6 rings (SSSR count). The molecule has 4 fully saturated rings. The van der Waals surface area contributed by atoms with Crippen molar-refractivity contribution in [2.75, 3.05) is 6.61 Å². The number of sulfonamides is 1. The summed E-state index contributed by atoms with van der Waals surface area (Å²) in [4.78, 5) is 25.9. The molecule has 8 heteroatoms. The second-order valence-electron chi connectivity index (χ2n) is 10.1. The number of esters is 1. The lowest BCUT2D eigenvalue weighted by Crippen LogP contribution is -2.51. The fourth-order valence-electron chi connectivity index (χ4n) is 6.46. The summed E-state index contributed by atoms with van der Waals surface area (Å²) in [5, 5.41) is 0. The van der Waals surface area contributed by atoms with Crippen LogP contribution in [0.15, 0.2) is 45.9 Å². The number of ether oxygens (including phenoxy) is 1. The maximum absolute atomic E-state index is 13.1. The van der Waals surface area contributed by atoms with E-state index in [4.69, 9.17) is 9.15 Å². The summed E-state index contributed by atoms with van der Waals surface area (Å²) in [5.74, 6) is 1.73. The number of hydrogen-bond acceptors (Lipinski definition) is 6. The van der Waals surface area contributed by atoms with E-state index in [1.54, 1.807) is 25.1 Å². The second kappa shape index (κ2) is 8.40. The number of aryl methyl sites for hydroxylation is 1. The third-order valence-corrected chi connectivity index (χ3v) is 9.12. The van der Waals surface area contributed by atoms with Gasteiger partial charge in [0.05, 0.1) is 23.3 Å². The van der Waals surface area contributed by atoms with Gasteiger partial charge in [0.1, 0.15) is 5.76 Å². The minimum Gasteiger partial charge on any atom is -0.468 e. The van der Waals surface area contributed by atoms with Gasteiger partial charge in [0.15, 0.2) is 12.4 Å². The first-order valence-corrected chi connectivity index (χ1v) is 13.1. The van der Waals surface area contributed by atoms with Crippen molar-refractivity contribution in [2.45, 2.75) is 56.9 Å². The van der Waals surface area contributed by atoms with E-state index in [9.17, 15) is 18.0 Å². The highest BCUT2D eigenvalue weighted by atomic mass is 32.2. The Bertz CT molecular complexity index is 1130. The number of Topliss-reactive ketones (excluding diaryl/α,β-unsaturated/α-hetero) is 1. The van der Waals surface area contributed by atoms with E-state index >= 15 is 0 Å². The maximum Gasteiger partial charge on any atom is 0.338 e. The monoisotopic (exact) mass is 471 g/mol. The smallest absolute Gasteiger partial charge is 0.338 e. The third-order valence-electron chi connectivity index (χ3n) is 7.72. The van der Waals surface area contributed by atoms with Crippen LogP contribution in [0.3, 0.4) is 0 Å². The van der Waals surface area contributed by atoms with Gasteiger partial charge in [-0.15, -0.1) is 0 Å². The van der Waals surface area contributed by atoms with Crippen molar-refractivity contribution in [1.29, 1.82) is 0 Å². The van der Waals surface area contributed by atoms with Crippen LogP contribution in [-0.2, 0) is 26.1 Å². The van der Waals surface area contributed by atoms with E-state index in [2.05, 4.69) is 4.72 Å². The average Bonchev–Trinajstić information content (AvgIpc) is 3.29. The van der Waals surface area contributed by atoms with Crippen LogP contribution in [0.4, 0.5) is 0 Å². The van der Waals surface area contributed by atoms with Gasteiger partial charge in [-0.1, -0.05) is 6.07 Å². The van der Waals surface area contributed by atoms with Gasteiger partial charge in [0, 0.05) is 5.41 Å². The number of ketones is 1. The minimum atomic E-state index is -3.86. The Morgan fingerprint density at radius 2 is 1.76 bits per heavy atom. The Labute approximate surface area is 193 Å². The van der Waals surface area contributed by atoms with Crippen molar-refractivity contribution in [2.24, 2.45) is 23.2 Å². The molecule has 1 aromatic heterocycles. The molecule has 4 bridgehead atoms. The normalized spacial score (nSPS) is 28.1. The van der Waals surface area contributed by atoms with Crippen LogP contribution in [0.25, 0.3) is 0 Å². The van der Waals surface area contributed by atoms with Crippen molar-refractivity contribution in [3.8, 4) is 0 Å². The van der Waals surface area contributed by atoms with Crippen LogP contribution in [0.1, 0.15) is 60.2 Å². The summed E-state index contributed by atoms with van der Waals surface area (Å²) >= 11 is 0. The Hall–Kier alpha value is -2.45. The lowest BCUT2D eigenvalue weighted by molar-refractivity contribution is -0.147. The molecule has 176 valence electrons. The van der Waals surface area contributed by atoms with Crippen LogP contribution in [-0.4, -0.2) is 26.8 Å². The van der Waals surface area contributed by atoms with E-state index < -0.39 is 16.0 Å². The fourth-order valence-corrected chi connectivity index (χ4v) is 7.48. The Kier molecular flexibility index (Phi) is 5.69. The third kappa shape index (κ3) is 4.38. The molecule has 2 aromatic rings. The molecule has 7 nitrogen and oxygen atoms in total. The number of benzene rings is 1. The number of carbonyl (C=O) groups excluding carboxylic acids is 2. The fraction of sp³-hybridized carbons (Fsp3) is 0.520. The minimum absolute atomic E-state index is 0.00254. The predicted octanol–water partition coefficient (Wildman–Crippen LogP) is 4.01. The van der Waals surface area contributed by atoms with Gasteiger partial charge < -0.3 is 9.15 Å². The zero-order valence-electron chi connectivity index (χ0n) is 18.7. The predicted molar refractivity (Wildman–Crippen MR) is 120 cm³/mol. The average molecular weight is 472 g/mol. The number of furan rings is 1. The summed E-state index contributed by atoms with van der Waals surface area (Å²) < 4.78 is 38.4. The quantitative estimate of drug-likeness (QED) is 0.584. The van der Waals surface area contributed by atoms with Crippen molar-refractivity contribution < 1.29 is 27.2 Å². The summed E-state index contributed by atoms with van der Waals surface area (Å²) in [5.41, 5.74) is 0.409. The van der Waals surface area contributed by atoms with Gasteiger partial charge in [0.25, 0.3) is 0 Å². The molecule has 0 spiro atoms. The molecule has 1 heterocycles. The zero-order valence-corrected chi connectivity index (χ0v) is 19.5. The number of nitrogens with one attached hydrogen (secondary N) is 1. The molecule has 4 saturated carbocycles. The maximum atomic E-state index is 13.1. The largest absolute Gasteiger partial charge is 0.468 e. The number of hydrogen-bond donors (Lipinski definition) is 1. The standard InChI is InChI=1S/C25H29NO6S/c1-16-4-5-21(33(29,30)26-14-20-3-2-6-31-20)10-22(16)24(28)32-15-23(27)25-11-17-7-18(12-25)9-19(8-17)13-25/h2-6,10,17-19,26H,7-9,11-15H2,1H3. The molecule has 4 aliphatic carbocycles. The Morgan fingerprint density at radius 3 is 2.36 bits per heavy atom. The molecule has 0 unspecified atom stereocenters. The second-order valence-corrected chi connectivity index (χ2v) is 11.8. The zero-order chi connectivity index (χ0) is 23.2. The highest BCUT2D eigenvalue weighted by Gasteiger charge is 2.54. The van der Waals surface area contributed by atoms with Crippen LogP contribution in [0, 0.1) is 30.1 Å². The van der Waals surface area contributed by atoms with Gasteiger partial charge in [-0.05, 0) is 93.0 Å². The lowest BCUT2D eigenvalue weighted by atomic mass is 9.48. The molecular formula is C25H29NO6S. The lowest BCUT2D eigenvalue weighted by Gasteiger charge is -2.55. The molecule has 1 N–H and O–H groups in total. The summed E-state index contributed by atoms with van der Waals surface area (Å²) in [7, 11) is -3.86. The van der Waals surface area contributed by atoms with Crippen LogP contribution >= 0.6 is 0 Å². The number of rotatable bonds is 8. The summed E-state index contributed by atoms with van der Waals surface area (Å²) in [6.45, 7) is 1.46. The molecular weight excluding hydrogens is 442 g/mol. The molecule has 0 amide bonds. The topological polar surface area (TPSA) is 103 Å². The van der Waals surface area contributed by atoms with Crippen molar-refractivity contribution in [1.82, 2.24) is 4.72 Å². The van der Waals surface area contributed by atoms with Gasteiger partial charge in [-0.25, -0.2) is 17.9 Å². The SMILES string of the molecule is Cc1ccc(S(=O)(=O)NCc2ccco2)cc1C(=O)OCC(=O)C12CC3CC(CC(C3)C1)C2. The van der Waals surface area contributed by atoms with Gasteiger partial charge >= 0.3 is 5.97 Å². The molecule has 0 aliphatic heterocycles. The summed E-state index contributed by atoms with van der Waals surface area (Å²) in [6, 6.07) is 7.66. The molecule has 33 heavy (non-hydrogen) atoms. The van der Waals surface area contributed by atoms with Crippen LogP contribution in [0.2, 0.25) is 0 Å². The molecule has 1 aromatic carbocycles. The number of carbonyl (C=O) groups is 2. The van der Waals surface area contributed by atoms with Gasteiger partial charge in [-0.3, -0.25) is 4.79 Å². The Morgan fingerprint density at radius 1 is 1.09 bits per heavy atom. The van der Waals surface area contributed by atoms with E-state index in [0.717, 1.165) is 19.3 Å². The molecule has 0 atom stereocenters. The first kappa shape index (κ1) is 22.3.